The Morgan fingerprint density at radius 3 is 2.44 bits per heavy atom. The van der Waals surface area contributed by atoms with Gasteiger partial charge in [-0.3, -0.25) is 9.69 Å². The average molecular weight is 591 g/mol. The quantitative estimate of drug-likeness (QED) is 0.223. The van der Waals surface area contributed by atoms with Gasteiger partial charge in [-0.1, -0.05) is 44.9 Å². The molecule has 3 unspecified atom stereocenters. The Balaban J connectivity index is 1.64. The van der Waals surface area contributed by atoms with Gasteiger partial charge in [0.1, 0.15) is 5.75 Å². The second-order valence-corrected chi connectivity index (χ2v) is 12.7. The summed E-state index contributed by atoms with van der Waals surface area (Å²) in [6.07, 6.45) is 3.16. The van der Waals surface area contributed by atoms with Gasteiger partial charge in [0.25, 0.3) is 0 Å². The number of nitrogens with zero attached hydrogens (tertiary/aromatic N) is 2. The maximum Gasteiger partial charge on any atom is 0.309 e. The smallest absolute Gasteiger partial charge is 0.309 e. The zero-order valence-electron chi connectivity index (χ0n) is 24.2. The fourth-order valence-electron chi connectivity index (χ4n) is 5.77. The molecule has 1 saturated heterocycles. The zero-order valence-corrected chi connectivity index (χ0v) is 25.0. The van der Waals surface area contributed by atoms with E-state index in [4.69, 9.17) is 18.9 Å². The van der Waals surface area contributed by atoms with Crippen LogP contribution in [0.2, 0.25) is 0 Å². The minimum atomic E-state index is -3.42. The van der Waals surface area contributed by atoms with Gasteiger partial charge in [-0.25, -0.2) is 12.7 Å². The minimum Gasteiger partial charge on any atom is -0.481 e. The van der Waals surface area contributed by atoms with E-state index in [2.05, 4.69) is 11.8 Å². The number of aliphatic carboxylic acids is 1. The molecule has 4 rings (SSSR count). The van der Waals surface area contributed by atoms with Crippen molar-refractivity contribution in [3.8, 4) is 17.2 Å². The van der Waals surface area contributed by atoms with Gasteiger partial charge >= 0.3 is 5.97 Å². The molecule has 1 N–H and O–H groups in total. The van der Waals surface area contributed by atoms with Crippen molar-refractivity contribution < 1.29 is 37.3 Å². The number of carbonyl (C=O) groups is 1. The van der Waals surface area contributed by atoms with E-state index in [0.29, 0.717) is 56.3 Å². The molecular formula is C30H42N2O8S. The highest BCUT2D eigenvalue weighted by molar-refractivity contribution is 7.89. The number of sulfonamides is 1. The molecule has 10 nitrogen and oxygen atoms in total. The first-order chi connectivity index (χ1) is 19.8. The van der Waals surface area contributed by atoms with Crippen LogP contribution in [0.4, 0.5) is 0 Å². The monoisotopic (exact) mass is 590 g/mol. The second kappa shape index (κ2) is 14.4. The molecule has 0 aliphatic carbocycles. The molecule has 1 fully saturated rings. The van der Waals surface area contributed by atoms with E-state index < -0.39 is 28.0 Å². The molecule has 2 aliphatic heterocycles. The summed E-state index contributed by atoms with van der Waals surface area (Å²) in [5, 5.41) is 10.5. The highest BCUT2D eigenvalue weighted by atomic mass is 32.2. The number of rotatable bonds is 16. The molecule has 3 atom stereocenters. The lowest BCUT2D eigenvalue weighted by Gasteiger charge is -2.30. The highest BCUT2D eigenvalue weighted by Gasteiger charge is 2.47. The van der Waals surface area contributed by atoms with Gasteiger partial charge in [-0.15, -0.1) is 0 Å². The van der Waals surface area contributed by atoms with Crippen LogP contribution in [0, 0.1) is 5.92 Å². The van der Waals surface area contributed by atoms with Crippen molar-refractivity contribution in [2.24, 2.45) is 5.92 Å². The van der Waals surface area contributed by atoms with Crippen molar-refractivity contribution in [2.45, 2.75) is 51.5 Å². The number of fused-ring (bicyclic) bond motifs is 1. The summed E-state index contributed by atoms with van der Waals surface area (Å²) < 4.78 is 49.6. The van der Waals surface area contributed by atoms with Gasteiger partial charge in [-0.2, -0.15) is 0 Å². The van der Waals surface area contributed by atoms with Crippen LogP contribution in [0.1, 0.15) is 62.6 Å². The predicted molar refractivity (Wildman–Crippen MR) is 155 cm³/mol. The summed E-state index contributed by atoms with van der Waals surface area (Å²) in [5.41, 5.74) is 1.69. The molecule has 2 aromatic carbocycles. The molecule has 2 aromatic rings. The third-order valence-electron chi connectivity index (χ3n) is 7.78. The molecule has 0 aromatic heterocycles. The maximum atomic E-state index is 13.2. The number of hydrogen-bond donors (Lipinski definition) is 1. The standard InChI is InChI=1S/C30H42N2O8S/c1-4-6-7-17-41(35,36)32(14-5-2)16-15-31-19-25(23-10-13-26-27(18-23)40-21-39-26)28(30(33)34)29(31)22-8-11-24(12-9-22)38-20-37-3/h8-13,18,25,28-29H,4-7,14-17,19-21H2,1-3H3,(H,33,34). The van der Waals surface area contributed by atoms with Gasteiger partial charge in [0, 0.05) is 45.2 Å². The molecule has 226 valence electrons. The third-order valence-corrected chi connectivity index (χ3v) is 9.74. The number of unbranched alkanes of at least 4 members (excludes halogenated alkanes) is 2. The van der Waals surface area contributed by atoms with Gasteiger partial charge in [0.2, 0.25) is 16.8 Å². The summed E-state index contributed by atoms with van der Waals surface area (Å²) in [6.45, 7) is 5.87. The molecule has 0 saturated carbocycles. The largest absolute Gasteiger partial charge is 0.481 e. The normalized spacial score (nSPS) is 20.5. The molecular weight excluding hydrogens is 548 g/mol. The van der Waals surface area contributed by atoms with Crippen molar-refractivity contribution in [1.82, 2.24) is 9.21 Å². The van der Waals surface area contributed by atoms with Crippen LogP contribution in [0.5, 0.6) is 17.2 Å². The van der Waals surface area contributed by atoms with Gasteiger partial charge < -0.3 is 24.1 Å². The molecule has 11 heteroatoms. The maximum absolute atomic E-state index is 13.2. The average Bonchev–Trinajstić information content (AvgIpc) is 3.59. The fourth-order valence-corrected chi connectivity index (χ4v) is 7.42. The summed E-state index contributed by atoms with van der Waals surface area (Å²) in [6, 6.07) is 12.5. The Bertz CT molecular complexity index is 1250. The number of likely N-dealkylation sites (tertiary alicyclic amines) is 1. The van der Waals surface area contributed by atoms with Crippen molar-refractivity contribution in [2.75, 3.05) is 52.6 Å². The van der Waals surface area contributed by atoms with E-state index in [1.165, 1.54) is 0 Å². The number of methoxy groups -OCH3 is 1. The summed E-state index contributed by atoms with van der Waals surface area (Å²) in [7, 11) is -1.87. The highest BCUT2D eigenvalue weighted by Crippen LogP contribution is 2.47. The zero-order chi connectivity index (χ0) is 29.4. The second-order valence-electron chi connectivity index (χ2n) is 10.6. The van der Waals surface area contributed by atoms with Crippen LogP contribution in [-0.4, -0.2) is 81.3 Å². The molecule has 2 heterocycles. The van der Waals surface area contributed by atoms with Crippen molar-refractivity contribution in [3.05, 3.63) is 53.6 Å². The van der Waals surface area contributed by atoms with Crippen molar-refractivity contribution >= 4 is 16.0 Å². The topological polar surface area (TPSA) is 115 Å². The molecule has 0 spiro atoms. The van der Waals surface area contributed by atoms with E-state index in [0.717, 1.165) is 24.0 Å². The van der Waals surface area contributed by atoms with E-state index in [-0.39, 0.29) is 25.3 Å². The number of carboxylic acid groups (broad SMARTS) is 1. The Kier molecular flexibility index (Phi) is 10.9. The Labute approximate surface area is 243 Å². The van der Waals surface area contributed by atoms with Crippen molar-refractivity contribution in [3.63, 3.8) is 0 Å². The first-order valence-corrected chi connectivity index (χ1v) is 16.0. The summed E-state index contributed by atoms with van der Waals surface area (Å²) in [5.74, 6) is -0.0101. The van der Waals surface area contributed by atoms with Gasteiger partial charge in [0.15, 0.2) is 18.3 Å². The molecule has 0 amide bonds. The lowest BCUT2D eigenvalue weighted by Crippen LogP contribution is -2.40. The fraction of sp³-hybridized carbons (Fsp3) is 0.567. The molecule has 0 bridgehead atoms. The van der Waals surface area contributed by atoms with Crippen molar-refractivity contribution in [1.29, 1.82) is 0 Å². The van der Waals surface area contributed by atoms with Crippen LogP contribution in [0.15, 0.2) is 42.5 Å². The molecule has 2 aliphatic rings. The van der Waals surface area contributed by atoms with E-state index in [1.807, 2.05) is 37.3 Å². The Hall–Kier alpha value is -2.86. The first kappa shape index (κ1) is 31.1. The predicted octanol–water partition coefficient (Wildman–Crippen LogP) is 4.47. The van der Waals surface area contributed by atoms with E-state index >= 15 is 0 Å². The number of benzene rings is 2. The van der Waals surface area contributed by atoms with Crippen LogP contribution >= 0.6 is 0 Å². The third kappa shape index (κ3) is 7.51. The van der Waals surface area contributed by atoms with E-state index in [9.17, 15) is 18.3 Å². The van der Waals surface area contributed by atoms with Gasteiger partial charge in [-0.05, 0) is 48.2 Å². The SMILES string of the molecule is CCCCCS(=O)(=O)N(CCC)CCN1CC(c2ccc3c(c2)OCO3)C(C(=O)O)C1c1ccc(OCOC)cc1. The van der Waals surface area contributed by atoms with E-state index in [1.54, 1.807) is 23.5 Å². The Morgan fingerprint density at radius 1 is 1.02 bits per heavy atom. The summed E-state index contributed by atoms with van der Waals surface area (Å²) >= 11 is 0. The van der Waals surface area contributed by atoms with Crippen LogP contribution in [0.25, 0.3) is 0 Å². The number of carboxylic acids is 1. The molecule has 41 heavy (non-hydrogen) atoms. The minimum absolute atomic E-state index is 0.110. The lowest BCUT2D eigenvalue weighted by molar-refractivity contribution is -0.143. The van der Waals surface area contributed by atoms with Crippen LogP contribution < -0.4 is 14.2 Å². The van der Waals surface area contributed by atoms with Gasteiger partial charge in [0.05, 0.1) is 11.7 Å². The lowest BCUT2D eigenvalue weighted by atomic mass is 9.82. The molecule has 0 radical (unpaired) electrons. The summed E-state index contributed by atoms with van der Waals surface area (Å²) in [4.78, 5) is 15.0. The number of hydrogen-bond acceptors (Lipinski definition) is 8. The Morgan fingerprint density at radius 2 is 1.76 bits per heavy atom. The van der Waals surface area contributed by atoms with Crippen LogP contribution in [0.3, 0.4) is 0 Å². The van der Waals surface area contributed by atoms with Crippen LogP contribution in [-0.2, 0) is 19.6 Å². The number of ether oxygens (including phenoxy) is 4. The first-order valence-electron chi connectivity index (χ1n) is 14.3.